The predicted octanol–water partition coefficient (Wildman–Crippen LogP) is 6.65. The Hall–Kier alpha value is -1.65. The maximum absolute atomic E-state index is 6.53. The molecule has 2 heterocycles. The fourth-order valence-corrected chi connectivity index (χ4v) is 5.54. The number of piperidine rings is 1. The molecule has 0 bridgehead atoms. The van der Waals surface area contributed by atoms with Crippen molar-refractivity contribution in [2.24, 2.45) is 0 Å². The van der Waals surface area contributed by atoms with Crippen LogP contribution in [0, 0.1) is 0 Å². The van der Waals surface area contributed by atoms with Crippen molar-refractivity contribution in [2.75, 3.05) is 13.1 Å². The minimum atomic E-state index is 0.252. The van der Waals surface area contributed by atoms with Crippen molar-refractivity contribution >= 4 is 35.0 Å². The van der Waals surface area contributed by atoms with E-state index in [1.165, 1.54) is 10.5 Å². The standard InChI is InChI=1S/C23H19Cl2NOS/c24-15-6-7-17(20(25)12-15)14-10-18-19-13-26-9-8-21(19)27-23(18)22(11-14)28-16-4-2-1-3-5-16/h1-7,10-12,19,21,26H,8-9,13H2. The lowest BCUT2D eigenvalue weighted by atomic mass is 9.89. The van der Waals surface area contributed by atoms with Gasteiger partial charge in [0.1, 0.15) is 11.9 Å². The summed E-state index contributed by atoms with van der Waals surface area (Å²) in [6, 6.07) is 20.5. The average molecular weight is 428 g/mol. The smallest absolute Gasteiger partial charge is 0.137 e. The van der Waals surface area contributed by atoms with E-state index in [2.05, 4.69) is 41.7 Å². The molecule has 5 rings (SSSR count). The van der Waals surface area contributed by atoms with Gasteiger partial charge in [-0.15, -0.1) is 0 Å². The summed E-state index contributed by atoms with van der Waals surface area (Å²) >= 11 is 14.4. The fraction of sp³-hybridized carbons (Fsp3) is 0.217. The number of hydrogen-bond acceptors (Lipinski definition) is 3. The molecule has 1 N–H and O–H groups in total. The molecule has 2 nitrogen and oxygen atoms in total. The summed E-state index contributed by atoms with van der Waals surface area (Å²) in [5.41, 5.74) is 3.38. The number of benzene rings is 3. The molecule has 0 spiro atoms. The molecule has 28 heavy (non-hydrogen) atoms. The maximum atomic E-state index is 6.53. The lowest BCUT2D eigenvalue weighted by molar-refractivity contribution is 0.169. The van der Waals surface area contributed by atoms with Gasteiger partial charge in [-0.05, 0) is 54.9 Å². The SMILES string of the molecule is Clc1ccc(-c2cc(Sc3ccccc3)c3c(c2)C2CNCCC2O3)c(Cl)c1. The minimum absolute atomic E-state index is 0.252. The van der Waals surface area contributed by atoms with Crippen LogP contribution in [0.3, 0.4) is 0 Å². The lowest BCUT2D eigenvalue weighted by Gasteiger charge is -2.24. The van der Waals surface area contributed by atoms with Crippen LogP contribution in [-0.2, 0) is 0 Å². The maximum Gasteiger partial charge on any atom is 0.137 e. The highest BCUT2D eigenvalue weighted by molar-refractivity contribution is 7.99. The minimum Gasteiger partial charge on any atom is -0.488 e. The molecule has 2 atom stereocenters. The normalized spacial score (nSPS) is 20.4. The van der Waals surface area contributed by atoms with Crippen LogP contribution in [-0.4, -0.2) is 19.2 Å². The molecule has 2 unspecified atom stereocenters. The van der Waals surface area contributed by atoms with Gasteiger partial charge >= 0.3 is 0 Å². The third-order valence-corrected chi connectivity index (χ3v) is 6.96. The number of nitrogens with one attached hydrogen (secondary N) is 1. The van der Waals surface area contributed by atoms with Crippen LogP contribution in [0.4, 0.5) is 0 Å². The van der Waals surface area contributed by atoms with Crippen molar-refractivity contribution < 1.29 is 4.74 Å². The van der Waals surface area contributed by atoms with Crippen molar-refractivity contribution in [2.45, 2.75) is 28.2 Å². The molecule has 2 aliphatic heterocycles. The average Bonchev–Trinajstić information content (AvgIpc) is 3.08. The Morgan fingerprint density at radius 3 is 2.68 bits per heavy atom. The number of hydrogen-bond donors (Lipinski definition) is 1. The number of rotatable bonds is 3. The molecule has 3 aromatic rings. The molecular weight excluding hydrogens is 409 g/mol. The molecule has 0 aliphatic carbocycles. The largest absolute Gasteiger partial charge is 0.488 e. The highest BCUT2D eigenvalue weighted by Crippen LogP contribution is 2.50. The van der Waals surface area contributed by atoms with Crippen molar-refractivity contribution in [3.05, 3.63) is 76.3 Å². The van der Waals surface area contributed by atoms with Crippen LogP contribution in [0.2, 0.25) is 10.0 Å². The zero-order valence-corrected chi connectivity index (χ0v) is 17.5. The number of halogens is 2. The second kappa shape index (κ2) is 7.64. The first-order chi connectivity index (χ1) is 13.7. The lowest BCUT2D eigenvalue weighted by Crippen LogP contribution is -2.37. The molecule has 1 fully saturated rings. The Kier molecular flexibility index (Phi) is 5.02. The monoisotopic (exact) mass is 427 g/mol. The Morgan fingerprint density at radius 1 is 1.00 bits per heavy atom. The van der Waals surface area contributed by atoms with Crippen LogP contribution in [0.1, 0.15) is 17.9 Å². The summed E-state index contributed by atoms with van der Waals surface area (Å²) in [7, 11) is 0. The Morgan fingerprint density at radius 2 is 1.86 bits per heavy atom. The molecule has 0 amide bonds. The van der Waals surface area contributed by atoms with Crippen molar-refractivity contribution in [3.8, 4) is 16.9 Å². The van der Waals surface area contributed by atoms with E-state index >= 15 is 0 Å². The van der Waals surface area contributed by atoms with E-state index in [1.807, 2.05) is 18.2 Å². The molecule has 0 radical (unpaired) electrons. The van der Waals surface area contributed by atoms with Gasteiger partial charge in [-0.25, -0.2) is 0 Å². The highest BCUT2D eigenvalue weighted by atomic mass is 35.5. The van der Waals surface area contributed by atoms with Gasteiger partial charge in [-0.2, -0.15) is 0 Å². The Labute approximate surface area is 179 Å². The van der Waals surface area contributed by atoms with E-state index in [0.29, 0.717) is 16.0 Å². The van der Waals surface area contributed by atoms with E-state index in [9.17, 15) is 0 Å². The van der Waals surface area contributed by atoms with Gasteiger partial charge in [0.05, 0.1) is 4.90 Å². The van der Waals surface area contributed by atoms with Gasteiger partial charge in [0, 0.05) is 38.5 Å². The summed E-state index contributed by atoms with van der Waals surface area (Å²) in [6.07, 6.45) is 1.29. The molecule has 3 aromatic carbocycles. The van der Waals surface area contributed by atoms with Crippen molar-refractivity contribution in [1.82, 2.24) is 5.32 Å². The summed E-state index contributed by atoms with van der Waals surface area (Å²) in [4.78, 5) is 2.33. The summed E-state index contributed by atoms with van der Waals surface area (Å²) < 4.78 is 6.44. The summed E-state index contributed by atoms with van der Waals surface area (Å²) in [5.74, 6) is 1.41. The predicted molar refractivity (Wildman–Crippen MR) is 117 cm³/mol. The Balaban J connectivity index is 1.64. The van der Waals surface area contributed by atoms with E-state index in [1.54, 1.807) is 17.8 Å². The third kappa shape index (κ3) is 3.42. The zero-order valence-electron chi connectivity index (χ0n) is 15.1. The first kappa shape index (κ1) is 18.4. The topological polar surface area (TPSA) is 21.3 Å². The van der Waals surface area contributed by atoms with Gasteiger partial charge in [0.15, 0.2) is 0 Å². The molecule has 2 aliphatic rings. The fourth-order valence-electron chi connectivity index (χ4n) is 4.03. The van der Waals surface area contributed by atoms with Crippen LogP contribution in [0.5, 0.6) is 5.75 Å². The first-order valence-electron chi connectivity index (χ1n) is 9.43. The van der Waals surface area contributed by atoms with Gasteiger partial charge in [-0.3, -0.25) is 0 Å². The van der Waals surface area contributed by atoms with E-state index < -0.39 is 0 Å². The van der Waals surface area contributed by atoms with E-state index in [-0.39, 0.29) is 6.10 Å². The third-order valence-electron chi connectivity index (χ3n) is 5.38. The van der Waals surface area contributed by atoms with Gasteiger partial charge < -0.3 is 10.1 Å². The van der Waals surface area contributed by atoms with Crippen molar-refractivity contribution in [1.29, 1.82) is 0 Å². The number of fused-ring (bicyclic) bond motifs is 3. The molecular formula is C23H19Cl2NOS. The van der Waals surface area contributed by atoms with Crippen LogP contribution < -0.4 is 10.1 Å². The van der Waals surface area contributed by atoms with E-state index in [0.717, 1.165) is 41.3 Å². The zero-order chi connectivity index (χ0) is 19.1. The molecule has 5 heteroatoms. The number of ether oxygens (including phenoxy) is 1. The van der Waals surface area contributed by atoms with E-state index in [4.69, 9.17) is 27.9 Å². The second-order valence-corrected chi connectivity index (χ2v) is 9.15. The summed E-state index contributed by atoms with van der Waals surface area (Å²) in [6.45, 7) is 1.96. The summed E-state index contributed by atoms with van der Waals surface area (Å²) in [5, 5.41) is 4.83. The molecule has 1 saturated heterocycles. The first-order valence-corrected chi connectivity index (χ1v) is 11.0. The van der Waals surface area contributed by atoms with Gasteiger partial charge in [0.25, 0.3) is 0 Å². The van der Waals surface area contributed by atoms with Gasteiger partial charge in [-0.1, -0.05) is 59.2 Å². The Bertz CT molecular complexity index is 1020. The van der Waals surface area contributed by atoms with Crippen LogP contribution in [0.15, 0.2) is 70.5 Å². The van der Waals surface area contributed by atoms with Gasteiger partial charge in [0.2, 0.25) is 0 Å². The van der Waals surface area contributed by atoms with Crippen LogP contribution >= 0.6 is 35.0 Å². The molecule has 142 valence electrons. The second-order valence-electron chi connectivity index (χ2n) is 7.19. The van der Waals surface area contributed by atoms with Crippen molar-refractivity contribution in [3.63, 3.8) is 0 Å². The van der Waals surface area contributed by atoms with Crippen LogP contribution in [0.25, 0.3) is 11.1 Å². The molecule has 0 aromatic heterocycles. The highest BCUT2D eigenvalue weighted by Gasteiger charge is 2.38. The quantitative estimate of drug-likeness (QED) is 0.505. The molecule has 0 saturated carbocycles.